The Bertz CT molecular complexity index is 863. The normalized spacial score (nSPS) is 14.3. The Morgan fingerprint density at radius 2 is 1.76 bits per heavy atom. The van der Waals surface area contributed by atoms with Crippen LogP contribution in [0.5, 0.6) is 5.75 Å². The lowest BCUT2D eigenvalue weighted by Crippen LogP contribution is -2.26. The summed E-state index contributed by atoms with van der Waals surface area (Å²) < 4.78 is 0. The minimum Gasteiger partial charge on any atom is -0.507 e. The smallest absolute Gasteiger partial charge is 0.160 e. The number of benzene rings is 2. The average Bonchev–Trinajstić information content (AvgIpc) is 2.66. The lowest BCUT2D eigenvalue weighted by Gasteiger charge is -2.36. The molecule has 2 rings (SSSR count). The van der Waals surface area contributed by atoms with Gasteiger partial charge in [-0.2, -0.15) is 0 Å². The van der Waals surface area contributed by atoms with Crippen LogP contribution in [-0.4, -0.2) is 10.9 Å². The first kappa shape index (κ1) is 23.6. The molecule has 2 nitrogen and oxygen atoms in total. The highest BCUT2D eigenvalue weighted by molar-refractivity contribution is 7.48. The molecule has 0 aromatic heterocycles. The molecule has 0 amide bonds. The molecule has 0 aliphatic carbocycles. The van der Waals surface area contributed by atoms with Gasteiger partial charge < -0.3 is 5.11 Å². The zero-order chi connectivity index (χ0) is 21.8. The van der Waals surface area contributed by atoms with E-state index < -0.39 is 0 Å². The van der Waals surface area contributed by atoms with Crippen molar-refractivity contribution in [2.24, 2.45) is 0 Å². The largest absolute Gasteiger partial charge is 0.507 e. The number of phenolic OH excluding ortho intramolecular Hbond substituents is 1. The SMILES string of the molecule is CCCCC(CC)(Pc1ccccc1C(C)=O)c1cc(C(C)(C)C)cc(C)c1O. The summed E-state index contributed by atoms with van der Waals surface area (Å²) in [6.07, 6.45) is 4.14. The van der Waals surface area contributed by atoms with Crippen LogP contribution in [0.1, 0.15) is 94.3 Å². The van der Waals surface area contributed by atoms with Crippen molar-refractivity contribution in [1.82, 2.24) is 0 Å². The molecule has 0 saturated heterocycles. The fraction of sp³-hybridized carbons (Fsp3) is 0.500. The third kappa shape index (κ3) is 5.28. The molecule has 3 heteroatoms. The average molecular weight is 413 g/mol. The Kier molecular flexibility index (Phi) is 7.68. The predicted molar refractivity (Wildman–Crippen MR) is 127 cm³/mol. The van der Waals surface area contributed by atoms with Crippen molar-refractivity contribution in [3.63, 3.8) is 0 Å². The van der Waals surface area contributed by atoms with E-state index >= 15 is 0 Å². The first-order valence-corrected chi connectivity index (χ1v) is 11.8. The second-order valence-corrected chi connectivity index (χ2v) is 11.0. The zero-order valence-electron chi connectivity index (χ0n) is 19.1. The van der Waals surface area contributed by atoms with Crippen molar-refractivity contribution >= 4 is 19.7 Å². The molecule has 0 saturated carbocycles. The second kappa shape index (κ2) is 9.43. The number of hydrogen-bond acceptors (Lipinski definition) is 2. The number of carbonyl (C=O) groups excluding carboxylic acids is 1. The Labute approximate surface area is 178 Å². The third-order valence-corrected chi connectivity index (χ3v) is 7.98. The molecule has 1 N–H and O–H groups in total. The summed E-state index contributed by atoms with van der Waals surface area (Å²) in [6, 6.07) is 12.3. The van der Waals surface area contributed by atoms with Crippen LogP contribution in [0.3, 0.4) is 0 Å². The van der Waals surface area contributed by atoms with E-state index in [-0.39, 0.29) is 16.4 Å². The molecule has 158 valence electrons. The van der Waals surface area contributed by atoms with E-state index in [0.717, 1.165) is 47.7 Å². The second-order valence-electron chi connectivity index (χ2n) is 9.21. The topological polar surface area (TPSA) is 37.3 Å². The Hall–Kier alpha value is -1.66. The molecular formula is C26H37O2P. The van der Waals surface area contributed by atoms with Crippen LogP contribution >= 0.6 is 8.58 Å². The number of carbonyl (C=O) groups is 1. The number of phenols is 1. The van der Waals surface area contributed by atoms with Gasteiger partial charge in [-0.3, -0.25) is 4.79 Å². The van der Waals surface area contributed by atoms with Crippen LogP contribution in [-0.2, 0) is 10.6 Å². The number of aromatic hydroxyl groups is 1. The van der Waals surface area contributed by atoms with Gasteiger partial charge in [-0.05, 0) is 48.5 Å². The van der Waals surface area contributed by atoms with E-state index in [9.17, 15) is 9.90 Å². The minimum atomic E-state index is -0.169. The van der Waals surface area contributed by atoms with Crippen molar-refractivity contribution in [2.75, 3.05) is 0 Å². The molecule has 2 aromatic carbocycles. The third-order valence-electron chi connectivity index (χ3n) is 5.92. The van der Waals surface area contributed by atoms with Crippen LogP contribution in [0, 0.1) is 6.92 Å². The zero-order valence-corrected chi connectivity index (χ0v) is 20.1. The van der Waals surface area contributed by atoms with Gasteiger partial charge in [0, 0.05) is 16.3 Å². The van der Waals surface area contributed by atoms with Crippen molar-refractivity contribution < 1.29 is 9.90 Å². The molecule has 0 radical (unpaired) electrons. The van der Waals surface area contributed by atoms with Gasteiger partial charge in [-0.25, -0.2) is 0 Å². The van der Waals surface area contributed by atoms with Gasteiger partial charge in [-0.1, -0.05) is 92.4 Å². The number of rotatable bonds is 8. The van der Waals surface area contributed by atoms with Crippen molar-refractivity contribution in [3.8, 4) is 5.75 Å². The van der Waals surface area contributed by atoms with Crippen LogP contribution in [0.4, 0.5) is 0 Å². The molecule has 0 spiro atoms. The van der Waals surface area contributed by atoms with Crippen molar-refractivity contribution in [2.45, 2.75) is 84.7 Å². The fourth-order valence-corrected chi connectivity index (χ4v) is 5.83. The summed E-state index contributed by atoms with van der Waals surface area (Å²) in [5, 5.41) is 12.1. The van der Waals surface area contributed by atoms with Gasteiger partial charge in [-0.15, -0.1) is 0 Å². The molecule has 2 aromatic rings. The highest BCUT2D eigenvalue weighted by atomic mass is 31.1. The number of ketones is 1. The van der Waals surface area contributed by atoms with Gasteiger partial charge >= 0.3 is 0 Å². The summed E-state index contributed by atoms with van der Waals surface area (Å²) in [4.78, 5) is 12.3. The lowest BCUT2D eigenvalue weighted by molar-refractivity contribution is 0.101. The highest BCUT2D eigenvalue weighted by Crippen LogP contribution is 2.52. The Morgan fingerprint density at radius 1 is 1.10 bits per heavy atom. The summed E-state index contributed by atoms with van der Waals surface area (Å²) in [5.41, 5.74) is 4.06. The molecule has 29 heavy (non-hydrogen) atoms. The summed E-state index contributed by atoms with van der Waals surface area (Å²) in [6.45, 7) is 14.7. The molecule has 0 fully saturated rings. The van der Waals surface area contributed by atoms with Gasteiger partial charge in [0.25, 0.3) is 0 Å². The van der Waals surface area contributed by atoms with Crippen LogP contribution in [0.25, 0.3) is 0 Å². The van der Waals surface area contributed by atoms with Crippen molar-refractivity contribution in [1.29, 1.82) is 0 Å². The number of hydrogen-bond donors (Lipinski definition) is 1. The number of aryl methyl sites for hydroxylation is 1. The minimum absolute atomic E-state index is 0.0118. The molecule has 0 aliphatic rings. The van der Waals surface area contributed by atoms with Crippen LogP contribution in [0.15, 0.2) is 36.4 Å². The molecule has 0 heterocycles. The van der Waals surface area contributed by atoms with Gasteiger partial charge in [0.2, 0.25) is 0 Å². The number of unbranched alkanes of at least 4 members (excludes halogenated alkanes) is 1. The van der Waals surface area contributed by atoms with Crippen LogP contribution in [0.2, 0.25) is 0 Å². The van der Waals surface area contributed by atoms with Gasteiger partial charge in [0.05, 0.1) is 0 Å². The monoisotopic (exact) mass is 412 g/mol. The van der Waals surface area contributed by atoms with Gasteiger partial charge in [0.15, 0.2) is 5.78 Å². The fourth-order valence-electron chi connectivity index (χ4n) is 3.93. The predicted octanol–water partition coefficient (Wildman–Crippen LogP) is 7.00. The Morgan fingerprint density at radius 3 is 2.31 bits per heavy atom. The molecule has 0 bridgehead atoms. The summed E-state index contributed by atoms with van der Waals surface area (Å²) in [7, 11) is 0.436. The van der Waals surface area contributed by atoms with E-state index in [1.54, 1.807) is 6.92 Å². The molecular weight excluding hydrogens is 375 g/mol. The first-order chi connectivity index (χ1) is 13.6. The maximum atomic E-state index is 12.3. The number of Topliss-reactive ketones (excluding diaryl/α,β-unsaturated/α-hetero) is 1. The van der Waals surface area contributed by atoms with E-state index in [0.29, 0.717) is 14.3 Å². The van der Waals surface area contributed by atoms with Crippen LogP contribution < -0.4 is 5.30 Å². The standard InChI is InChI=1S/C26H37O2P/c1-8-10-15-26(9-2,29-23-14-12-11-13-21(23)19(4)27)22-17-20(25(5,6)7)16-18(3)24(22)28/h11-14,16-17,28-29H,8-10,15H2,1-7H3. The summed E-state index contributed by atoms with van der Waals surface area (Å²) in [5.74, 6) is 0.529. The van der Waals surface area contributed by atoms with E-state index in [4.69, 9.17) is 0 Å². The summed E-state index contributed by atoms with van der Waals surface area (Å²) >= 11 is 0. The van der Waals surface area contributed by atoms with E-state index in [1.807, 2.05) is 25.1 Å². The first-order valence-electron chi connectivity index (χ1n) is 10.8. The molecule has 2 atom stereocenters. The maximum absolute atomic E-state index is 12.3. The quantitative estimate of drug-likeness (QED) is 0.374. The van der Waals surface area contributed by atoms with Crippen molar-refractivity contribution in [3.05, 3.63) is 58.7 Å². The maximum Gasteiger partial charge on any atom is 0.160 e. The molecule has 2 unspecified atom stereocenters. The van der Waals surface area contributed by atoms with E-state index in [1.165, 1.54) is 5.56 Å². The Balaban J connectivity index is 2.71. The lowest BCUT2D eigenvalue weighted by atomic mass is 9.81. The van der Waals surface area contributed by atoms with E-state index in [2.05, 4.69) is 52.8 Å². The highest BCUT2D eigenvalue weighted by Gasteiger charge is 2.35. The molecule has 0 aliphatic heterocycles. The van der Waals surface area contributed by atoms with Gasteiger partial charge in [0.1, 0.15) is 5.75 Å².